The van der Waals surface area contributed by atoms with Crippen LogP contribution in [-0.2, 0) is 14.3 Å². The minimum atomic E-state index is -0.653. The molecule has 0 amide bonds. The van der Waals surface area contributed by atoms with Gasteiger partial charge in [0.1, 0.15) is 6.04 Å². The molecule has 4 unspecified atom stereocenters. The summed E-state index contributed by atoms with van der Waals surface area (Å²) in [7, 11) is 1.34. The Bertz CT molecular complexity index is 232. The molecule has 1 saturated carbocycles. The van der Waals surface area contributed by atoms with Crippen LogP contribution in [0.3, 0.4) is 0 Å². The van der Waals surface area contributed by atoms with E-state index in [0.717, 1.165) is 18.8 Å². The maximum atomic E-state index is 11.1. The predicted octanol–water partition coefficient (Wildman–Crippen LogP) is 1.33. The second kappa shape index (κ2) is 6.21. The molecule has 0 radical (unpaired) electrons. The third-order valence-electron chi connectivity index (χ3n) is 3.57. The van der Waals surface area contributed by atoms with E-state index in [4.69, 9.17) is 10.5 Å². The van der Waals surface area contributed by atoms with Gasteiger partial charge in [-0.1, -0.05) is 13.8 Å². The highest BCUT2D eigenvalue weighted by atomic mass is 16.5. The zero-order valence-corrected chi connectivity index (χ0v) is 10.4. The third kappa shape index (κ3) is 3.76. The summed E-state index contributed by atoms with van der Waals surface area (Å²) in [6.45, 7) is 4.79. The first kappa shape index (κ1) is 13.5. The van der Waals surface area contributed by atoms with Crippen molar-refractivity contribution in [2.75, 3.05) is 13.7 Å². The van der Waals surface area contributed by atoms with E-state index in [0.29, 0.717) is 5.92 Å². The van der Waals surface area contributed by atoms with E-state index in [-0.39, 0.29) is 12.7 Å². The molecule has 1 rings (SSSR count). The zero-order chi connectivity index (χ0) is 12.1. The highest BCUT2D eigenvalue weighted by molar-refractivity contribution is 5.75. The van der Waals surface area contributed by atoms with Crippen LogP contribution in [0.4, 0.5) is 0 Å². The van der Waals surface area contributed by atoms with Crippen LogP contribution in [0.1, 0.15) is 33.1 Å². The molecule has 0 aromatic carbocycles. The summed E-state index contributed by atoms with van der Waals surface area (Å²) < 4.78 is 10.2. The Hall–Kier alpha value is -0.610. The number of ether oxygens (including phenoxy) is 2. The van der Waals surface area contributed by atoms with Crippen molar-refractivity contribution in [2.24, 2.45) is 17.6 Å². The fourth-order valence-corrected chi connectivity index (χ4v) is 2.11. The summed E-state index contributed by atoms with van der Waals surface area (Å²) in [4.78, 5) is 11.1. The monoisotopic (exact) mass is 229 g/mol. The summed E-state index contributed by atoms with van der Waals surface area (Å²) >= 11 is 0. The summed E-state index contributed by atoms with van der Waals surface area (Å²) in [6.07, 6.45) is 3.58. The second-order valence-corrected chi connectivity index (χ2v) is 4.85. The Labute approximate surface area is 97.5 Å². The SMILES string of the molecule is COC(=O)C(N)COC1CCC(C)C(C)C1. The van der Waals surface area contributed by atoms with Gasteiger partial charge in [0.25, 0.3) is 0 Å². The molecule has 94 valence electrons. The molecule has 0 aromatic rings. The molecule has 0 bridgehead atoms. The first-order valence-corrected chi connectivity index (χ1v) is 5.99. The number of nitrogens with two attached hydrogens (primary N) is 1. The lowest BCUT2D eigenvalue weighted by Gasteiger charge is -2.32. The highest BCUT2D eigenvalue weighted by Gasteiger charge is 2.26. The van der Waals surface area contributed by atoms with Crippen LogP contribution < -0.4 is 5.73 Å². The van der Waals surface area contributed by atoms with Crippen molar-refractivity contribution in [3.63, 3.8) is 0 Å². The van der Waals surface area contributed by atoms with Gasteiger partial charge in [-0.05, 0) is 31.1 Å². The molecule has 0 saturated heterocycles. The average Bonchev–Trinajstić information content (AvgIpc) is 2.29. The third-order valence-corrected chi connectivity index (χ3v) is 3.57. The molecule has 0 spiro atoms. The Morgan fingerprint density at radius 1 is 1.38 bits per heavy atom. The first-order chi connectivity index (χ1) is 7.54. The molecular weight excluding hydrogens is 206 g/mol. The van der Waals surface area contributed by atoms with E-state index in [9.17, 15) is 4.79 Å². The molecule has 4 nitrogen and oxygen atoms in total. The molecule has 4 heteroatoms. The fraction of sp³-hybridized carbons (Fsp3) is 0.917. The van der Waals surface area contributed by atoms with Gasteiger partial charge in [0.05, 0.1) is 19.8 Å². The lowest BCUT2D eigenvalue weighted by atomic mass is 9.80. The van der Waals surface area contributed by atoms with E-state index in [1.807, 2.05) is 0 Å². The number of esters is 1. The van der Waals surface area contributed by atoms with Gasteiger partial charge in [0, 0.05) is 0 Å². The van der Waals surface area contributed by atoms with Crippen molar-refractivity contribution in [3.8, 4) is 0 Å². The maximum Gasteiger partial charge on any atom is 0.325 e. The van der Waals surface area contributed by atoms with E-state index < -0.39 is 12.0 Å². The van der Waals surface area contributed by atoms with E-state index in [2.05, 4.69) is 18.6 Å². The van der Waals surface area contributed by atoms with Crippen LogP contribution in [0, 0.1) is 11.8 Å². The van der Waals surface area contributed by atoms with E-state index in [1.54, 1.807) is 0 Å². The van der Waals surface area contributed by atoms with Gasteiger partial charge in [-0.15, -0.1) is 0 Å². The molecule has 0 heterocycles. The Kier molecular flexibility index (Phi) is 5.22. The lowest BCUT2D eigenvalue weighted by molar-refractivity contribution is -0.144. The van der Waals surface area contributed by atoms with Crippen LogP contribution in [-0.4, -0.2) is 31.8 Å². The summed E-state index contributed by atoms with van der Waals surface area (Å²) in [5.41, 5.74) is 5.61. The Morgan fingerprint density at radius 2 is 2.06 bits per heavy atom. The number of carbonyl (C=O) groups excluding carboxylic acids is 1. The largest absolute Gasteiger partial charge is 0.468 e. The first-order valence-electron chi connectivity index (χ1n) is 5.99. The predicted molar refractivity (Wildman–Crippen MR) is 61.9 cm³/mol. The van der Waals surface area contributed by atoms with Crippen LogP contribution in [0.25, 0.3) is 0 Å². The van der Waals surface area contributed by atoms with Crippen molar-refractivity contribution in [3.05, 3.63) is 0 Å². The Morgan fingerprint density at radius 3 is 2.62 bits per heavy atom. The van der Waals surface area contributed by atoms with Crippen molar-refractivity contribution in [1.82, 2.24) is 0 Å². The lowest BCUT2D eigenvalue weighted by Crippen LogP contribution is -2.38. The quantitative estimate of drug-likeness (QED) is 0.739. The van der Waals surface area contributed by atoms with Crippen molar-refractivity contribution in [1.29, 1.82) is 0 Å². The normalized spacial score (nSPS) is 32.1. The number of methoxy groups -OCH3 is 1. The highest BCUT2D eigenvalue weighted by Crippen LogP contribution is 2.30. The number of hydrogen-bond acceptors (Lipinski definition) is 4. The van der Waals surface area contributed by atoms with Crippen LogP contribution in [0.15, 0.2) is 0 Å². The van der Waals surface area contributed by atoms with Gasteiger partial charge in [0.15, 0.2) is 0 Å². The van der Waals surface area contributed by atoms with Crippen LogP contribution in [0.5, 0.6) is 0 Å². The van der Waals surface area contributed by atoms with Gasteiger partial charge in [-0.3, -0.25) is 4.79 Å². The molecule has 1 fully saturated rings. The smallest absolute Gasteiger partial charge is 0.325 e. The Balaban J connectivity index is 2.25. The second-order valence-electron chi connectivity index (χ2n) is 4.85. The molecule has 1 aliphatic carbocycles. The number of hydrogen-bond donors (Lipinski definition) is 1. The number of carbonyl (C=O) groups is 1. The summed E-state index contributed by atoms with van der Waals surface area (Å²) in [6, 6.07) is -0.653. The standard InChI is InChI=1S/C12H23NO3/c1-8-4-5-10(6-9(8)2)16-7-11(13)12(14)15-3/h8-11H,4-7,13H2,1-3H3. The van der Waals surface area contributed by atoms with Gasteiger partial charge in [0.2, 0.25) is 0 Å². The number of rotatable bonds is 4. The molecule has 0 aliphatic heterocycles. The molecule has 0 aromatic heterocycles. The van der Waals surface area contributed by atoms with Gasteiger partial charge < -0.3 is 15.2 Å². The van der Waals surface area contributed by atoms with Crippen LogP contribution >= 0.6 is 0 Å². The van der Waals surface area contributed by atoms with E-state index in [1.165, 1.54) is 13.5 Å². The van der Waals surface area contributed by atoms with Crippen molar-refractivity contribution in [2.45, 2.75) is 45.3 Å². The van der Waals surface area contributed by atoms with Gasteiger partial charge in [-0.25, -0.2) is 0 Å². The summed E-state index contributed by atoms with van der Waals surface area (Å²) in [5, 5.41) is 0. The van der Waals surface area contributed by atoms with Crippen molar-refractivity contribution >= 4 is 5.97 Å². The van der Waals surface area contributed by atoms with E-state index >= 15 is 0 Å². The average molecular weight is 229 g/mol. The molecular formula is C12H23NO3. The van der Waals surface area contributed by atoms with Crippen molar-refractivity contribution < 1.29 is 14.3 Å². The van der Waals surface area contributed by atoms with Gasteiger partial charge >= 0.3 is 5.97 Å². The molecule has 4 atom stereocenters. The zero-order valence-electron chi connectivity index (χ0n) is 10.4. The molecule has 16 heavy (non-hydrogen) atoms. The minimum absolute atomic E-state index is 0.252. The maximum absolute atomic E-state index is 11.1. The summed E-state index contributed by atoms with van der Waals surface area (Å²) in [5.74, 6) is 1.06. The molecule has 1 aliphatic rings. The van der Waals surface area contributed by atoms with Crippen LogP contribution in [0.2, 0.25) is 0 Å². The fourth-order valence-electron chi connectivity index (χ4n) is 2.11. The minimum Gasteiger partial charge on any atom is -0.468 e. The topological polar surface area (TPSA) is 61.5 Å². The van der Waals surface area contributed by atoms with Gasteiger partial charge in [-0.2, -0.15) is 0 Å². The molecule has 2 N–H and O–H groups in total.